The number of likely N-dealkylation sites (N-methyl/N-ethyl adjacent to an activating group) is 2. The molecular formula is C8H18N2O. The van der Waals surface area contributed by atoms with Gasteiger partial charge in [-0.15, -0.1) is 0 Å². The number of amides is 1. The normalized spacial score (nSPS) is 12.7. The molecule has 0 aromatic rings. The van der Waals surface area contributed by atoms with Crippen LogP contribution in [0.1, 0.15) is 20.3 Å². The SMILES string of the molecule is CCCN(C)C(=O)C(C)NC. The topological polar surface area (TPSA) is 32.3 Å². The number of carbonyl (C=O) groups excluding carboxylic acids is 1. The summed E-state index contributed by atoms with van der Waals surface area (Å²) < 4.78 is 0. The summed E-state index contributed by atoms with van der Waals surface area (Å²) >= 11 is 0. The van der Waals surface area contributed by atoms with Crippen LogP contribution in [0.2, 0.25) is 0 Å². The Kier molecular flexibility index (Phi) is 4.86. The average molecular weight is 158 g/mol. The van der Waals surface area contributed by atoms with Crippen LogP contribution in [0.25, 0.3) is 0 Å². The third kappa shape index (κ3) is 3.37. The van der Waals surface area contributed by atoms with E-state index < -0.39 is 0 Å². The van der Waals surface area contributed by atoms with E-state index in [1.165, 1.54) is 0 Å². The second kappa shape index (κ2) is 5.13. The fourth-order valence-electron chi connectivity index (χ4n) is 0.900. The molecule has 0 spiro atoms. The molecule has 1 atom stereocenters. The second-order valence-corrected chi connectivity index (χ2v) is 2.77. The molecule has 1 amide bonds. The van der Waals surface area contributed by atoms with E-state index in [4.69, 9.17) is 0 Å². The molecule has 0 saturated carbocycles. The van der Waals surface area contributed by atoms with Crippen LogP contribution in [0.15, 0.2) is 0 Å². The molecule has 0 fully saturated rings. The third-order valence-corrected chi connectivity index (χ3v) is 1.74. The van der Waals surface area contributed by atoms with Crippen molar-refractivity contribution >= 4 is 5.91 Å². The minimum absolute atomic E-state index is 0.0634. The zero-order chi connectivity index (χ0) is 8.85. The third-order valence-electron chi connectivity index (χ3n) is 1.74. The molecule has 66 valence electrons. The highest BCUT2D eigenvalue weighted by Gasteiger charge is 2.13. The highest BCUT2D eigenvalue weighted by atomic mass is 16.2. The van der Waals surface area contributed by atoms with Crippen LogP contribution < -0.4 is 5.32 Å². The van der Waals surface area contributed by atoms with E-state index in [-0.39, 0.29) is 11.9 Å². The van der Waals surface area contributed by atoms with Gasteiger partial charge in [0.2, 0.25) is 5.91 Å². The van der Waals surface area contributed by atoms with E-state index in [2.05, 4.69) is 12.2 Å². The Balaban J connectivity index is 3.81. The molecule has 3 nitrogen and oxygen atoms in total. The molecular weight excluding hydrogens is 140 g/mol. The molecule has 0 aliphatic carbocycles. The van der Waals surface area contributed by atoms with Gasteiger partial charge in [0.05, 0.1) is 6.04 Å². The minimum atomic E-state index is -0.0634. The lowest BCUT2D eigenvalue weighted by Crippen LogP contribution is -2.41. The van der Waals surface area contributed by atoms with Gasteiger partial charge in [0.25, 0.3) is 0 Å². The van der Waals surface area contributed by atoms with Crippen LogP contribution in [0.3, 0.4) is 0 Å². The van der Waals surface area contributed by atoms with Crippen molar-refractivity contribution in [2.24, 2.45) is 0 Å². The van der Waals surface area contributed by atoms with Gasteiger partial charge in [-0.25, -0.2) is 0 Å². The van der Waals surface area contributed by atoms with Crippen molar-refractivity contribution in [3.05, 3.63) is 0 Å². The predicted molar refractivity (Wildman–Crippen MR) is 46.4 cm³/mol. The first kappa shape index (κ1) is 10.4. The van der Waals surface area contributed by atoms with Gasteiger partial charge in [-0.2, -0.15) is 0 Å². The van der Waals surface area contributed by atoms with Crippen molar-refractivity contribution in [1.29, 1.82) is 0 Å². The summed E-state index contributed by atoms with van der Waals surface area (Å²) in [5.74, 6) is 0.161. The van der Waals surface area contributed by atoms with Crippen LogP contribution in [-0.2, 0) is 4.79 Å². The van der Waals surface area contributed by atoms with Crippen molar-refractivity contribution in [2.75, 3.05) is 20.6 Å². The van der Waals surface area contributed by atoms with Crippen LogP contribution in [0, 0.1) is 0 Å². The molecule has 0 aromatic carbocycles. The Morgan fingerprint density at radius 1 is 1.64 bits per heavy atom. The molecule has 0 rings (SSSR count). The van der Waals surface area contributed by atoms with Crippen LogP contribution in [-0.4, -0.2) is 37.5 Å². The number of nitrogens with one attached hydrogen (secondary N) is 1. The van der Waals surface area contributed by atoms with Crippen LogP contribution in [0.5, 0.6) is 0 Å². The molecule has 0 aliphatic rings. The second-order valence-electron chi connectivity index (χ2n) is 2.77. The zero-order valence-electron chi connectivity index (χ0n) is 7.85. The van der Waals surface area contributed by atoms with Crippen molar-refractivity contribution in [2.45, 2.75) is 26.3 Å². The standard InChI is InChI=1S/C8H18N2O/c1-5-6-10(4)8(11)7(2)9-3/h7,9H,5-6H2,1-4H3. The number of nitrogens with zero attached hydrogens (tertiary/aromatic N) is 1. The Bertz CT molecular complexity index is 125. The maximum atomic E-state index is 11.3. The lowest BCUT2D eigenvalue weighted by molar-refractivity contribution is -0.131. The van der Waals surface area contributed by atoms with Gasteiger partial charge in [0.15, 0.2) is 0 Å². The van der Waals surface area contributed by atoms with Gasteiger partial charge >= 0.3 is 0 Å². The summed E-state index contributed by atoms with van der Waals surface area (Å²) in [4.78, 5) is 13.1. The van der Waals surface area contributed by atoms with Gasteiger partial charge in [-0.3, -0.25) is 4.79 Å². The fourth-order valence-corrected chi connectivity index (χ4v) is 0.900. The number of carbonyl (C=O) groups is 1. The van der Waals surface area contributed by atoms with E-state index in [0.717, 1.165) is 13.0 Å². The average Bonchev–Trinajstić information content (AvgIpc) is 2.02. The smallest absolute Gasteiger partial charge is 0.239 e. The molecule has 0 aliphatic heterocycles. The summed E-state index contributed by atoms with van der Waals surface area (Å²) in [5.41, 5.74) is 0. The largest absolute Gasteiger partial charge is 0.344 e. The van der Waals surface area contributed by atoms with Gasteiger partial charge in [0, 0.05) is 13.6 Å². The Labute approximate surface area is 68.8 Å². The Morgan fingerprint density at radius 2 is 2.18 bits per heavy atom. The first-order valence-electron chi connectivity index (χ1n) is 4.05. The summed E-state index contributed by atoms with van der Waals surface area (Å²) in [5, 5.41) is 2.91. The molecule has 0 bridgehead atoms. The van der Waals surface area contributed by atoms with Crippen molar-refractivity contribution < 1.29 is 4.79 Å². The number of hydrogen-bond acceptors (Lipinski definition) is 2. The van der Waals surface area contributed by atoms with Gasteiger partial charge < -0.3 is 10.2 Å². The monoisotopic (exact) mass is 158 g/mol. The molecule has 11 heavy (non-hydrogen) atoms. The maximum Gasteiger partial charge on any atom is 0.239 e. The molecule has 1 N–H and O–H groups in total. The van der Waals surface area contributed by atoms with Crippen LogP contribution >= 0.6 is 0 Å². The quantitative estimate of drug-likeness (QED) is 0.644. The molecule has 0 heterocycles. The van der Waals surface area contributed by atoms with Gasteiger partial charge in [-0.05, 0) is 20.4 Å². The highest BCUT2D eigenvalue weighted by molar-refractivity contribution is 5.81. The molecule has 3 heteroatoms. The zero-order valence-corrected chi connectivity index (χ0v) is 7.85. The minimum Gasteiger partial charge on any atom is -0.344 e. The fraction of sp³-hybridized carbons (Fsp3) is 0.875. The van der Waals surface area contributed by atoms with E-state index >= 15 is 0 Å². The Hall–Kier alpha value is -0.570. The molecule has 0 aromatic heterocycles. The van der Waals surface area contributed by atoms with Gasteiger partial charge in [-0.1, -0.05) is 6.92 Å². The van der Waals surface area contributed by atoms with Crippen molar-refractivity contribution in [1.82, 2.24) is 10.2 Å². The van der Waals surface area contributed by atoms with E-state index in [1.807, 2.05) is 14.0 Å². The number of hydrogen-bond donors (Lipinski definition) is 1. The summed E-state index contributed by atoms with van der Waals surface area (Å²) in [6.07, 6.45) is 1.01. The summed E-state index contributed by atoms with van der Waals surface area (Å²) in [6, 6.07) is -0.0634. The summed E-state index contributed by atoms with van der Waals surface area (Å²) in [7, 11) is 3.63. The molecule has 0 radical (unpaired) electrons. The highest BCUT2D eigenvalue weighted by Crippen LogP contribution is 1.92. The first-order chi connectivity index (χ1) is 5.13. The van der Waals surface area contributed by atoms with Crippen molar-refractivity contribution in [3.63, 3.8) is 0 Å². The van der Waals surface area contributed by atoms with E-state index in [1.54, 1.807) is 11.9 Å². The number of rotatable bonds is 4. The molecule has 1 unspecified atom stereocenters. The van der Waals surface area contributed by atoms with Gasteiger partial charge in [0.1, 0.15) is 0 Å². The maximum absolute atomic E-state index is 11.3. The van der Waals surface area contributed by atoms with E-state index in [0.29, 0.717) is 0 Å². The molecule has 0 saturated heterocycles. The van der Waals surface area contributed by atoms with E-state index in [9.17, 15) is 4.79 Å². The van der Waals surface area contributed by atoms with Crippen molar-refractivity contribution in [3.8, 4) is 0 Å². The predicted octanol–water partition coefficient (Wildman–Crippen LogP) is 0.463. The van der Waals surface area contributed by atoms with Crippen LogP contribution in [0.4, 0.5) is 0 Å². The summed E-state index contributed by atoms with van der Waals surface area (Å²) in [6.45, 7) is 4.77. The Morgan fingerprint density at radius 3 is 2.55 bits per heavy atom. The lowest BCUT2D eigenvalue weighted by Gasteiger charge is -2.19. The lowest BCUT2D eigenvalue weighted by atomic mass is 10.3. The first-order valence-corrected chi connectivity index (χ1v) is 4.05.